The third-order valence-corrected chi connectivity index (χ3v) is 4.39. The molecule has 4 heteroatoms. The molecular weight excluding hydrogens is 306 g/mol. The van der Waals surface area contributed by atoms with Gasteiger partial charge >= 0.3 is 0 Å². The molecule has 1 aliphatic carbocycles. The first kappa shape index (κ1) is 14.5. The number of aryl methyl sites for hydroxylation is 1. The van der Waals surface area contributed by atoms with E-state index >= 15 is 0 Å². The maximum Gasteiger partial charge on any atom is 0.222 e. The molecule has 1 saturated carbocycles. The number of halogens is 1. The third kappa shape index (κ3) is 4.32. The van der Waals surface area contributed by atoms with Gasteiger partial charge in [-0.05, 0) is 36.8 Å². The summed E-state index contributed by atoms with van der Waals surface area (Å²) in [6.45, 7) is 0.458. The molecular formula is C15H20BrNO2. The van der Waals surface area contributed by atoms with Gasteiger partial charge in [-0.1, -0.05) is 34.1 Å². The van der Waals surface area contributed by atoms with Gasteiger partial charge in [-0.2, -0.15) is 0 Å². The molecule has 0 heterocycles. The molecule has 1 aromatic carbocycles. The highest BCUT2D eigenvalue weighted by atomic mass is 79.9. The zero-order valence-corrected chi connectivity index (χ0v) is 12.8. The van der Waals surface area contributed by atoms with Gasteiger partial charge in [0.25, 0.3) is 0 Å². The molecule has 1 fully saturated rings. The van der Waals surface area contributed by atoms with Crippen LogP contribution in [0.4, 0.5) is 0 Å². The smallest absolute Gasteiger partial charge is 0.222 e. The van der Waals surface area contributed by atoms with Gasteiger partial charge in [0.05, 0.1) is 6.10 Å². The van der Waals surface area contributed by atoms with Crippen LogP contribution < -0.4 is 0 Å². The van der Waals surface area contributed by atoms with Crippen LogP contribution in [0, 0.1) is 5.92 Å². The fourth-order valence-corrected chi connectivity index (χ4v) is 2.63. The number of benzene rings is 1. The first-order chi connectivity index (χ1) is 9.08. The molecule has 2 rings (SSSR count). The molecule has 1 N–H and O–H groups in total. The average Bonchev–Trinajstić information content (AvgIpc) is 3.21. The Hall–Kier alpha value is -0.870. The predicted molar refractivity (Wildman–Crippen MR) is 78.8 cm³/mol. The molecule has 0 saturated heterocycles. The summed E-state index contributed by atoms with van der Waals surface area (Å²) in [4.78, 5) is 13.7. The Bertz CT molecular complexity index is 446. The maximum absolute atomic E-state index is 12.0. The summed E-state index contributed by atoms with van der Waals surface area (Å²) in [5.41, 5.74) is 1.15. The Morgan fingerprint density at radius 1 is 1.47 bits per heavy atom. The van der Waals surface area contributed by atoms with Gasteiger partial charge in [-0.3, -0.25) is 4.79 Å². The number of hydrogen-bond acceptors (Lipinski definition) is 2. The van der Waals surface area contributed by atoms with E-state index in [1.807, 2.05) is 24.3 Å². The maximum atomic E-state index is 12.0. The van der Waals surface area contributed by atoms with Crippen molar-refractivity contribution in [3.05, 3.63) is 34.3 Å². The lowest BCUT2D eigenvalue weighted by Gasteiger charge is -2.20. The van der Waals surface area contributed by atoms with Gasteiger partial charge in [-0.25, -0.2) is 0 Å². The quantitative estimate of drug-likeness (QED) is 0.873. The zero-order valence-electron chi connectivity index (χ0n) is 11.2. The highest BCUT2D eigenvalue weighted by Gasteiger charge is 2.30. The van der Waals surface area contributed by atoms with E-state index in [0.29, 0.717) is 18.9 Å². The lowest BCUT2D eigenvalue weighted by atomic mass is 10.1. The summed E-state index contributed by atoms with van der Waals surface area (Å²) in [5, 5.41) is 9.84. The standard InChI is InChI=1S/C15H20BrNO2/c1-17(10-14(18)12-6-7-12)15(19)9-8-11-4-2-3-5-13(11)16/h2-5,12,14,18H,6-10H2,1H3. The molecule has 0 aromatic heterocycles. The summed E-state index contributed by atoms with van der Waals surface area (Å²) < 4.78 is 1.04. The van der Waals surface area contributed by atoms with E-state index in [1.54, 1.807) is 11.9 Å². The largest absolute Gasteiger partial charge is 0.391 e. The van der Waals surface area contributed by atoms with Gasteiger partial charge in [0.15, 0.2) is 0 Å². The number of amides is 1. The first-order valence-corrected chi connectivity index (χ1v) is 7.52. The van der Waals surface area contributed by atoms with Crippen LogP contribution >= 0.6 is 15.9 Å². The number of nitrogens with zero attached hydrogens (tertiary/aromatic N) is 1. The molecule has 1 unspecified atom stereocenters. The van der Waals surface area contributed by atoms with Gasteiger partial charge < -0.3 is 10.0 Å². The zero-order chi connectivity index (χ0) is 13.8. The topological polar surface area (TPSA) is 40.5 Å². The molecule has 1 atom stereocenters. The highest BCUT2D eigenvalue weighted by molar-refractivity contribution is 9.10. The third-order valence-electron chi connectivity index (χ3n) is 3.62. The molecule has 3 nitrogen and oxygen atoms in total. The van der Waals surface area contributed by atoms with Crippen molar-refractivity contribution >= 4 is 21.8 Å². The van der Waals surface area contributed by atoms with Crippen molar-refractivity contribution in [2.24, 2.45) is 5.92 Å². The summed E-state index contributed by atoms with van der Waals surface area (Å²) in [5.74, 6) is 0.508. The van der Waals surface area contributed by atoms with E-state index in [0.717, 1.165) is 29.3 Å². The fourth-order valence-electron chi connectivity index (χ4n) is 2.15. The van der Waals surface area contributed by atoms with Crippen molar-refractivity contribution in [1.29, 1.82) is 0 Å². The van der Waals surface area contributed by atoms with Gasteiger partial charge in [0.2, 0.25) is 5.91 Å². The van der Waals surface area contributed by atoms with Crippen molar-refractivity contribution in [1.82, 2.24) is 4.90 Å². The second-order valence-corrected chi connectivity index (χ2v) is 6.12. The number of rotatable bonds is 6. The summed E-state index contributed by atoms with van der Waals surface area (Å²) in [6.07, 6.45) is 3.05. The molecule has 0 aliphatic heterocycles. The molecule has 1 aliphatic rings. The fraction of sp³-hybridized carbons (Fsp3) is 0.533. The van der Waals surface area contributed by atoms with Crippen molar-refractivity contribution in [2.45, 2.75) is 31.8 Å². The number of aliphatic hydroxyl groups is 1. The van der Waals surface area contributed by atoms with Crippen molar-refractivity contribution in [2.75, 3.05) is 13.6 Å². The van der Waals surface area contributed by atoms with Crippen LogP contribution in [0.1, 0.15) is 24.8 Å². The SMILES string of the molecule is CN(CC(O)C1CC1)C(=O)CCc1ccccc1Br. The molecule has 104 valence electrons. The predicted octanol–water partition coefficient (Wildman–Crippen LogP) is 2.61. The number of likely N-dealkylation sites (N-methyl/N-ethyl adjacent to an activating group) is 1. The summed E-state index contributed by atoms with van der Waals surface area (Å²) in [7, 11) is 1.77. The Morgan fingerprint density at radius 2 is 2.16 bits per heavy atom. The van der Waals surface area contributed by atoms with Crippen LogP contribution in [0.2, 0.25) is 0 Å². The van der Waals surface area contributed by atoms with Crippen LogP contribution in [-0.4, -0.2) is 35.6 Å². The van der Waals surface area contributed by atoms with Gasteiger partial charge in [-0.15, -0.1) is 0 Å². The molecule has 1 aromatic rings. The lowest BCUT2D eigenvalue weighted by Crippen LogP contribution is -2.35. The highest BCUT2D eigenvalue weighted by Crippen LogP contribution is 2.32. The van der Waals surface area contributed by atoms with Gasteiger partial charge in [0, 0.05) is 24.5 Å². The summed E-state index contributed by atoms with van der Waals surface area (Å²) in [6, 6.07) is 7.95. The van der Waals surface area contributed by atoms with Crippen LogP contribution in [0.5, 0.6) is 0 Å². The van der Waals surface area contributed by atoms with Crippen molar-refractivity contribution in [3.63, 3.8) is 0 Å². The molecule has 0 bridgehead atoms. The van der Waals surface area contributed by atoms with E-state index in [4.69, 9.17) is 0 Å². The number of hydrogen-bond donors (Lipinski definition) is 1. The molecule has 0 spiro atoms. The van der Waals surface area contributed by atoms with Crippen molar-refractivity contribution < 1.29 is 9.90 Å². The normalized spacial score (nSPS) is 16.2. The monoisotopic (exact) mass is 325 g/mol. The van der Waals surface area contributed by atoms with E-state index in [1.165, 1.54) is 0 Å². The summed E-state index contributed by atoms with van der Waals surface area (Å²) >= 11 is 3.49. The van der Waals surface area contributed by atoms with E-state index < -0.39 is 0 Å². The van der Waals surface area contributed by atoms with Crippen LogP contribution in [0.3, 0.4) is 0 Å². The second kappa shape index (κ2) is 6.53. The second-order valence-electron chi connectivity index (χ2n) is 5.27. The Morgan fingerprint density at radius 3 is 2.79 bits per heavy atom. The number of aliphatic hydroxyl groups excluding tert-OH is 1. The van der Waals surface area contributed by atoms with E-state index in [-0.39, 0.29) is 12.0 Å². The minimum absolute atomic E-state index is 0.0930. The molecule has 19 heavy (non-hydrogen) atoms. The van der Waals surface area contributed by atoms with Crippen LogP contribution in [0.25, 0.3) is 0 Å². The molecule has 0 radical (unpaired) electrons. The lowest BCUT2D eigenvalue weighted by molar-refractivity contribution is -0.131. The minimum Gasteiger partial charge on any atom is -0.391 e. The Balaban J connectivity index is 1.78. The first-order valence-electron chi connectivity index (χ1n) is 6.73. The Labute approximate surface area is 122 Å². The van der Waals surface area contributed by atoms with E-state index in [9.17, 15) is 9.90 Å². The van der Waals surface area contributed by atoms with Crippen molar-refractivity contribution in [3.8, 4) is 0 Å². The molecule has 1 amide bonds. The van der Waals surface area contributed by atoms with E-state index in [2.05, 4.69) is 15.9 Å². The number of carbonyl (C=O) groups excluding carboxylic acids is 1. The van der Waals surface area contributed by atoms with Crippen LogP contribution in [0.15, 0.2) is 28.7 Å². The van der Waals surface area contributed by atoms with Gasteiger partial charge in [0.1, 0.15) is 0 Å². The average molecular weight is 326 g/mol. The number of carbonyl (C=O) groups is 1. The van der Waals surface area contributed by atoms with Crippen LogP contribution in [-0.2, 0) is 11.2 Å². The Kier molecular flexibility index (Phi) is 4.99. The minimum atomic E-state index is -0.350.